The van der Waals surface area contributed by atoms with Crippen LogP contribution in [0.5, 0.6) is 5.75 Å². The topological polar surface area (TPSA) is 46.5 Å². The highest BCUT2D eigenvalue weighted by Crippen LogP contribution is 2.46. The zero-order chi connectivity index (χ0) is 12.6. The van der Waals surface area contributed by atoms with Gasteiger partial charge in [0.05, 0.1) is 13.0 Å². The molecule has 1 aromatic rings. The van der Waals surface area contributed by atoms with E-state index in [0.29, 0.717) is 23.3 Å². The first-order valence-electron chi connectivity index (χ1n) is 5.25. The number of hydrogen-bond donors (Lipinski definition) is 1. The smallest absolute Gasteiger partial charge is 0.375 e. The maximum atomic E-state index is 13.5. The summed E-state index contributed by atoms with van der Waals surface area (Å²) in [4.78, 5) is 10.6. The number of fused-ring (bicyclic) bond motifs is 1. The van der Waals surface area contributed by atoms with Crippen molar-refractivity contribution >= 4 is 5.97 Å². The van der Waals surface area contributed by atoms with Crippen LogP contribution < -0.4 is 4.74 Å². The molecule has 0 spiro atoms. The molecule has 0 saturated carbocycles. The molecule has 1 N–H and O–H groups in total. The Kier molecular flexibility index (Phi) is 2.77. The van der Waals surface area contributed by atoms with E-state index in [-0.39, 0.29) is 6.42 Å². The predicted molar refractivity (Wildman–Crippen MR) is 56.6 cm³/mol. The minimum atomic E-state index is -3.72. The summed E-state index contributed by atoms with van der Waals surface area (Å²) in [6.45, 7) is 0. The Morgan fingerprint density at radius 1 is 1.53 bits per heavy atom. The number of carboxylic acids is 1. The molecule has 3 nitrogen and oxygen atoms in total. The van der Waals surface area contributed by atoms with Crippen molar-refractivity contribution in [2.24, 2.45) is 0 Å². The third-order valence-electron chi connectivity index (χ3n) is 3.17. The van der Waals surface area contributed by atoms with Gasteiger partial charge in [0.1, 0.15) is 5.75 Å². The van der Waals surface area contributed by atoms with Gasteiger partial charge < -0.3 is 9.84 Å². The minimum Gasteiger partial charge on any atom is -0.496 e. The monoisotopic (exact) mass is 242 g/mol. The second-order valence-electron chi connectivity index (χ2n) is 4.05. The van der Waals surface area contributed by atoms with E-state index in [2.05, 4.69) is 0 Å². The van der Waals surface area contributed by atoms with Crippen LogP contribution >= 0.6 is 0 Å². The molecule has 2 rings (SSSR count). The first-order chi connectivity index (χ1) is 7.98. The quantitative estimate of drug-likeness (QED) is 0.885. The third-order valence-corrected chi connectivity index (χ3v) is 3.17. The van der Waals surface area contributed by atoms with Gasteiger partial charge in [0.2, 0.25) is 0 Å². The van der Waals surface area contributed by atoms with E-state index in [1.807, 2.05) is 0 Å². The largest absolute Gasteiger partial charge is 0.496 e. The molecule has 0 heterocycles. The lowest BCUT2D eigenvalue weighted by atomic mass is 9.94. The maximum Gasteiger partial charge on any atom is 0.375 e. The van der Waals surface area contributed by atoms with E-state index in [4.69, 9.17) is 9.84 Å². The predicted octanol–water partition coefficient (Wildman–Crippen LogP) is 2.44. The Morgan fingerprint density at radius 3 is 2.82 bits per heavy atom. The van der Waals surface area contributed by atoms with Crippen LogP contribution in [0.2, 0.25) is 0 Å². The fourth-order valence-electron chi connectivity index (χ4n) is 2.34. The van der Waals surface area contributed by atoms with Crippen LogP contribution in [-0.2, 0) is 11.2 Å². The summed E-state index contributed by atoms with van der Waals surface area (Å²) >= 11 is 0. The number of rotatable bonds is 3. The molecule has 1 unspecified atom stereocenters. The molecule has 0 amide bonds. The van der Waals surface area contributed by atoms with Gasteiger partial charge in [-0.1, -0.05) is 12.1 Å². The van der Waals surface area contributed by atoms with Crippen LogP contribution in [0.15, 0.2) is 18.2 Å². The number of halogens is 2. The fourth-order valence-corrected chi connectivity index (χ4v) is 2.34. The van der Waals surface area contributed by atoms with Gasteiger partial charge in [-0.05, 0) is 30.0 Å². The molecule has 1 aliphatic rings. The number of carboxylic acid groups (broad SMARTS) is 1. The van der Waals surface area contributed by atoms with Gasteiger partial charge in [-0.3, -0.25) is 0 Å². The molecule has 92 valence electrons. The second kappa shape index (κ2) is 3.98. The standard InChI is InChI=1S/C12H12F2O3/c1-17-10-4-2-3-7-8(10)5-6-9(7)12(13,14)11(15)16/h2-4,9H,5-6H2,1H3,(H,15,16). The molecule has 17 heavy (non-hydrogen) atoms. The van der Waals surface area contributed by atoms with Gasteiger partial charge in [-0.25, -0.2) is 4.79 Å². The van der Waals surface area contributed by atoms with Crippen molar-refractivity contribution in [1.82, 2.24) is 0 Å². The maximum absolute atomic E-state index is 13.5. The van der Waals surface area contributed by atoms with Crippen molar-refractivity contribution < 1.29 is 23.4 Å². The van der Waals surface area contributed by atoms with Crippen LogP contribution in [-0.4, -0.2) is 24.1 Å². The third kappa shape index (κ3) is 1.75. The molecular formula is C12H12F2O3. The summed E-state index contributed by atoms with van der Waals surface area (Å²) in [5.74, 6) is -6.51. The van der Waals surface area contributed by atoms with Crippen LogP contribution in [0.3, 0.4) is 0 Å². The molecular weight excluding hydrogens is 230 g/mol. The second-order valence-corrected chi connectivity index (χ2v) is 4.05. The van der Waals surface area contributed by atoms with Crippen molar-refractivity contribution in [1.29, 1.82) is 0 Å². The van der Waals surface area contributed by atoms with Crippen LogP contribution in [0.25, 0.3) is 0 Å². The lowest BCUT2D eigenvalue weighted by Crippen LogP contribution is -2.34. The lowest BCUT2D eigenvalue weighted by molar-refractivity contribution is -0.168. The van der Waals surface area contributed by atoms with E-state index in [1.165, 1.54) is 7.11 Å². The average Bonchev–Trinajstić information content (AvgIpc) is 2.72. The summed E-state index contributed by atoms with van der Waals surface area (Å²) in [6, 6.07) is 4.85. The van der Waals surface area contributed by atoms with Gasteiger partial charge in [0, 0.05) is 0 Å². The number of benzene rings is 1. The van der Waals surface area contributed by atoms with Gasteiger partial charge in [0.15, 0.2) is 0 Å². The highest BCUT2D eigenvalue weighted by Gasteiger charge is 2.50. The zero-order valence-electron chi connectivity index (χ0n) is 9.24. The number of carbonyl (C=O) groups is 1. The van der Waals surface area contributed by atoms with E-state index < -0.39 is 17.8 Å². The first kappa shape index (κ1) is 11.8. The van der Waals surface area contributed by atoms with E-state index in [1.54, 1.807) is 18.2 Å². The lowest BCUT2D eigenvalue weighted by Gasteiger charge is -2.19. The van der Waals surface area contributed by atoms with Crippen molar-refractivity contribution in [2.75, 3.05) is 7.11 Å². The molecule has 0 aromatic heterocycles. The summed E-state index contributed by atoms with van der Waals surface area (Å²) in [7, 11) is 1.47. The first-order valence-corrected chi connectivity index (χ1v) is 5.25. The fraction of sp³-hybridized carbons (Fsp3) is 0.417. The Labute approximate surface area is 97.0 Å². The summed E-state index contributed by atoms with van der Waals surface area (Å²) in [5.41, 5.74) is 1.08. The van der Waals surface area contributed by atoms with Gasteiger partial charge in [-0.2, -0.15) is 8.78 Å². The van der Waals surface area contributed by atoms with Crippen LogP contribution in [0.4, 0.5) is 8.78 Å². The van der Waals surface area contributed by atoms with Crippen molar-refractivity contribution in [3.05, 3.63) is 29.3 Å². The van der Waals surface area contributed by atoms with Gasteiger partial charge >= 0.3 is 11.9 Å². The number of hydrogen-bond acceptors (Lipinski definition) is 2. The van der Waals surface area contributed by atoms with E-state index >= 15 is 0 Å². The number of methoxy groups -OCH3 is 1. The Balaban J connectivity index is 2.44. The van der Waals surface area contributed by atoms with Crippen LogP contribution in [0.1, 0.15) is 23.5 Å². The number of aliphatic carboxylic acids is 1. The SMILES string of the molecule is COc1cccc2c1CCC2C(F)(F)C(=O)O. The molecule has 0 saturated heterocycles. The zero-order valence-corrected chi connectivity index (χ0v) is 9.24. The van der Waals surface area contributed by atoms with Crippen LogP contribution in [0, 0.1) is 0 Å². The minimum absolute atomic E-state index is 0.134. The average molecular weight is 242 g/mol. The summed E-state index contributed by atoms with van der Waals surface area (Å²) in [5, 5.41) is 8.57. The highest BCUT2D eigenvalue weighted by atomic mass is 19.3. The van der Waals surface area contributed by atoms with Crippen molar-refractivity contribution in [3.8, 4) is 5.75 Å². The number of ether oxygens (including phenoxy) is 1. The van der Waals surface area contributed by atoms with Gasteiger partial charge in [0.25, 0.3) is 0 Å². The Hall–Kier alpha value is -1.65. The summed E-state index contributed by atoms with van der Waals surface area (Å²) < 4.78 is 32.1. The number of alkyl halides is 2. The van der Waals surface area contributed by atoms with Gasteiger partial charge in [-0.15, -0.1) is 0 Å². The normalized spacial score (nSPS) is 18.9. The molecule has 0 radical (unpaired) electrons. The molecule has 1 aliphatic carbocycles. The highest BCUT2D eigenvalue weighted by molar-refractivity contribution is 5.77. The Morgan fingerprint density at radius 2 is 2.24 bits per heavy atom. The van der Waals surface area contributed by atoms with Crippen molar-refractivity contribution in [3.63, 3.8) is 0 Å². The molecule has 1 aromatic carbocycles. The molecule has 0 fully saturated rings. The molecule has 0 bridgehead atoms. The van der Waals surface area contributed by atoms with E-state index in [0.717, 1.165) is 0 Å². The molecule has 1 atom stereocenters. The summed E-state index contributed by atoms with van der Waals surface area (Å²) in [6.07, 6.45) is 0.557. The van der Waals surface area contributed by atoms with Crippen molar-refractivity contribution in [2.45, 2.75) is 24.7 Å². The Bertz CT molecular complexity index is 457. The van der Waals surface area contributed by atoms with E-state index in [9.17, 15) is 13.6 Å². The molecule has 0 aliphatic heterocycles. The molecule has 5 heteroatoms.